The first-order valence-electron chi connectivity index (χ1n) is 8.86. The Labute approximate surface area is 161 Å². The second-order valence-corrected chi connectivity index (χ2v) is 7.95. The fourth-order valence-electron chi connectivity index (χ4n) is 3.70. The van der Waals surface area contributed by atoms with Crippen molar-refractivity contribution in [2.24, 2.45) is 11.7 Å². The average Bonchev–Trinajstić information content (AvgIpc) is 2.64. The Balaban J connectivity index is 1.93. The number of halogens is 1. The summed E-state index contributed by atoms with van der Waals surface area (Å²) in [5, 5.41) is 0. The molecule has 1 aliphatic rings. The third-order valence-electron chi connectivity index (χ3n) is 4.99. The molecule has 6 heteroatoms. The molecule has 0 bridgehead atoms. The van der Waals surface area contributed by atoms with Gasteiger partial charge in [0, 0.05) is 35.0 Å². The van der Waals surface area contributed by atoms with Crippen LogP contribution >= 0.6 is 0 Å². The Kier molecular flexibility index (Phi) is 6.19. The Bertz CT molecular complexity index is 897. The summed E-state index contributed by atoms with van der Waals surface area (Å²) in [7, 11) is -1.19. The van der Waals surface area contributed by atoms with Crippen molar-refractivity contribution in [1.82, 2.24) is 4.72 Å². The van der Waals surface area contributed by atoms with Crippen molar-refractivity contribution in [3.63, 3.8) is 0 Å². The first kappa shape index (κ1) is 19.5. The zero-order chi connectivity index (χ0) is 19.4. The van der Waals surface area contributed by atoms with Crippen LogP contribution < -0.4 is 10.5 Å². The molecule has 0 spiro atoms. The SMILES string of the molecule is CS(=O)NC1CCC(N)=C(C=O)C1Cc1cccc(-c2ccccc2F)c1. The molecule has 0 aromatic heterocycles. The van der Waals surface area contributed by atoms with Gasteiger partial charge in [-0.15, -0.1) is 0 Å². The van der Waals surface area contributed by atoms with Gasteiger partial charge in [-0.25, -0.2) is 13.3 Å². The molecule has 0 radical (unpaired) electrons. The van der Waals surface area contributed by atoms with Crippen LogP contribution in [0.15, 0.2) is 59.8 Å². The van der Waals surface area contributed by atoms with Crippen molar-refractivity contribution in [3.8, 4) is 11.1 Å². The Morgan fingerprint density at radius 2 is 2.04 bits per heavy atom. The average molecular weight is 386 g/mol. The zero-order valence-electron chi connectivity index (χ0n) is 15.2. The van der Waals surface area contributed by atoms with Gasteiger partial charge in [0.1, 0.15) is 12.1 Å². The molecule has 0 saturated carbocycles. The maximum absolute atomic E-state index is 14.1. The highest BCUT2D eigenvalue weighted by molar-refractivity contribution is 7.82. The summed E-state index contributed by atoms with van der Waals surface area (Å²) in [6.07, 6.45) is 4.28. The van der Waals surface area contributed by atoms with Crippen molar-refractivity contribution in [2.75, 3.05) is 6.26 Å². The van der Waals surface area contributed by atoms with Gasteiger partial charge in [-0.05, 0) is 36.5 Å². The molecule has 0 aliphatic heterocycles. The number of nitrogens with two attached hydrogens (primary N) is 1. The van der Waals surface area contributed by atoms with Crippen LogP contribution in [0.3, 0.4) is 0 Å². The van der Waals surface area contributed by atoms with Gasteiger partial charge in [0.15, 0.2) is 0 Å². The van der Waals surface area contributed by atoms with E-state index >= 15 is 0 Å². The molecule has 0 amide bonds. The second-order valence-electron chi connectivity index (χ2n) is 6.81. The van der Waals surface area contributed by atoms with E-state index in [4.69, 9.17) is 5.73 Å². The molecule has 1 aliphatic carbocycles. The molecule has 3 unspecified atom stereocenters. The summed E-state index contributed by atoms with van der Waals surface area (Å²) in [4.78, 5) is 11.6. The lowest BCUT2D eigenvalue weighted by Gasteiger charge is -2.32. The molecule has 3 N–H and O–H groups in total. The van der Waals surface area contributed by atoms with Crippen molar-refractivity contribution in [2.45, 2.75) is 25.3 Å². The van der Waals surface area contributed by atoms with Crippen molar-refractivity contribution in [1.29, 1.82) is 0 Å². The van der Waals surface area contributed by atoms with E-state index in [1.807, 2.05) is 24.3 Å². The van der Waals surface area contributed by atoms with Gasteiger partial charge in [-0.1, -0.05) is 42.5 Å². The first-order chi connectivity index (χ1) is 13.0. The van der Waals surface area contributed by atoms with Crippen LogP contribution in [0.5, 0.6) is 0 Å². The number of carbonyl (C=O) groups excluding carboxylic acids is 1. The predicted molar refractivity (Wildman–Crippen MR) is 107 cm³/mol. The molecular formula is C21H23FN2O2S. The quantitative estimate of drug-likeness (QED) is 0.750. The molecule has 27 heavy (non-hydrogen) atoms. The van der Waals surface area contributed by atoms with E-state index in [0.29, 0.717) is 29.7 Å². The van der Waals surface area contributed by atoms with Gasteiger partial charge in [0.2, 0.25) is 0 Å². The van der Waals surface area contributed by atoms with Crippen molar-refractivity contribution in [3.05, 3.63) is 71.2 Å². The summed E-state index contributed by atoms with van der Waals surface area (Å²) in [5.41, 5.74) is 9.53. The molecule has 4 nitrogen and oxygen atoms in total. The predicted octanol–water partition coefficient (Wildman–Crippen LogP) is 3.11. The zero-order valence-corrected chi connectivity index (χ0v) is 16.0. The topological polar surface area (TPSA) is 72.2 Å². The Hall–Kier alpha value is -2.31. The van der Waals surface area contributed by atoms with E-state index < -0.39 is 11.0 Å². The minimum absolute atomic E-state index is 0.0968. The van der Waals surface area contributed by atoms with Gasteiger partial charge < -0.3 is 5.73 Å². The van der Waals surface area contributed by atoms with Crippen LogP contribution in [-0.2, 0) is 22.2 Å². The number of rotatable bonds is 6. The fraction of sp³-hybridized carbons (Fsp3) is 0.286. The molecule has 0 heterocycles. The maximum Gasteiger partial charge on any atom is 0.148 e. The van der Waals surface area contributed by atoms with Crippen LogP contribution in [-0.4, -0.2) is 22.8 Å². The van der Waals surface area contributed by atoms with E-state index in [1.165, 1.54) is 6.07 Å². The van der Waals surface area contributed by atoms with E-state index in [1.54, 1.807) is 24.5 Å². The summed E-state index contributed by atoms with van der Waals surface area (Å²) in [6, 6.07) is 14.2. The highest BCUT2D eigenvalue weighted by Gasteiger charge is 2.31. The van der Waals surface area contributed by atoms with E-state index in [0.717, 1.165) is 23.8 Å². The number of benzene rings is 2. The summed E-state index contributed by atoms with van der Waals surface area (Å²) < 4.78 is 28.9. The third kappa shape index (κ3) is 4.51. The van der Waals surface area contributed by atoms with E-state index in [2.05, 4.69) is 4.72 Å². The van der Waals surface area contributed by atoms with Crippen LogP contribution in [0.2, 0.25) is 0 Å². The lowest BCUT2D eigenvalue weighted by molar-refractivity contribution is -0.105. The van der Waals surface area contributed by atoms with Gasteiger partial charge in [0.05, 0.1) is 11.0 Å². The normalized spacial score (nSPS) is 21.1. The highest BCUT2D eigenvalue weighted by atomic mass is 32.2. The Morgan fingerprint density at radius 3 is 2.74 bits per heavy atom. The van der Waals surface area contributed by atoms with Crippen LogP contribution in [0.25, 0.3) is 11.1 Å². The van der Waals surface area contributed by atoms with Crippen LogP contribution in [0.1, 0.15) is 18.4 Å². The minimum Gasteiger partial charge on any atom is -0.402 e. The summed E-state index contributed by atoms with van der Waals surface area (Å²) in [5.74, 6) is -0.443. The first-order valence-corrected chi connectivity index (χ1v) is 10.4. The number of hydrogen-bond donors (Lipinski definition) is 2. The van der Waals surface area contributed by atoms with E-state index in [9.17, 15) is 13.4 Å². The highest BCUT2D eigenvalue weighted by Crippen LogP contribution is 2.31. The summed E-state index contributed by atoms with van der Waals surface area (Å²) >= 11 is 0. The molecule has 0 saturated heterocycles. The van der Waals surface area contributed by atoms with Crippen LogP contribution in [0, 0.1) is 11.7 Å². The monoisotopic (exact) mass is 386 g/mol. The number of nitrogens with one attached hydrogen (secondary N) is 1. The number of carbonyl (C=O) groups is 1. The largest absolute Gasteiger partial charge is 0.402 e. The van der Waals surface area contributed by atoms with Crippen molar-refractivity contribution < 1.29 is 13.4 Å². The lowest BCUT2D eigenvalue weighted by atomic mass is 9.79. The molecule has 2 aromatic carbocycles. The molecule has 142 valence electrons. The molecule has 0 fully saturated rings. The van der Waals surface area contributed by atoms with Crippen molar-refractivity contribution >= 4 is 17.3 Å². The smallest absolute Gasteiger partial charge is 0.148 e. The molecule has 3 rings (SSSR count). The van der Waals surface area contributed by atoms with Gasteiger partial charge >= 0.3 is 0 Å². The van der Waals surface area contributed by atoms with E-state index in [-0.39, 0.29) is 17.8 Å². The van der Waals surface area contributed by atoms with Gasteiger partial charge in [-0.3, -0.25) is 4.79 Å². The standard InChI is InChI=1S/C21H23FN2O2S/c1-27(26)24-21-10-9-20(23)18(13-25)17(21)12-14-5-4-6-15(11-14)16-7-2-3-8-19(16)22/h2-8,11,13,17,21,24H,9-10,12,23H2,1H3. The van der Waals surface area contributed by atoms with Crippen LogP contribution in [0.4, 0.5) is 4.39 Å². The van der Waals surface area contributed by atoms with Gasteiger partial charge in [-0.2, -0.15) is 0 Å². The minimum atomic E-state index is -1.19. The van der Waals surface area contributed by atoms with Gasteiger partial charge in [0.25, 0.3) is 0 Å². The number of aldehydes is 1. The third-order valence-corrected chi connectivity index (χ3v) is 5.63. The Morgan fingerprint density at radius 1 is 1.26 bits per heavy atom. The second kappa shape index (κ2) is 8.59. The number of allylic oxidation sites excluding steroid dienone is 1. The lowest BCUT2D eigenvalue weighted by Crippen LogP contribution is -2.42. The fourth-order valence-corrected chi connectivity index (χ4v) is 4.40. The molecule has 2 aromatic rings. The summed E-state index contributed by atoms with van der Waals surface area (Å²) in [6.45, 7) is 0. The maximum atomic E-state index is 14.1. The molecular weight excluding hydrogens is 363 g/mol. The number of hydrogen-bond acceptors (Lipinski definition) is 3. The molecule has 3 atom stereocenters.